The summed E-state index contributed by atoms with van der Waals surface area (Å²) in [7, 11) is -3.55. The molecular weight excluding hydrogens is 276 g/mol. The Morgan fingerprint density at radius 3 is 2.50 bits per heavy atom. The van der Waals surface area contributed by atoms with Gasteiger partial charge in [0.25, 0.3) is 10.0 Å². The van der Waals surface area contributed by atoms with E-state index in [1.165, 1.54) is 4.31 Å². The summed E-state index contributed by atoms with van der Waals surface area (Å²) in [5.41, 5.74) is 1.53. The van der Waals surface area contributed by atoms with E-state index in [1.807, 2.05) is 27.7 Å². The summed E-state index contributed by atoms with van der Waals surface area (Å²) in [5, 5.41) is 10.2. The van der Waals surface area contributed by atoms with Crippen molar-refractivity contribution in [2.24, 2.45) is 0 Å². The Hall–Kier alpha value is -0.920. The molecule has 20 heavy (non-hydrogen) atoms. The van der Waals surface area contributed by atoms with Gasteiger partial charge in [-0.3, -0.25) is 5.10 Å². The van der Waals surface area contributed by atoms with E-state index in [-0.39, 0.29) is 11.1 Å². The summed E-state index contributed by atoms with van der Waals surface area (Å²) in [4.78, 5) is 0. The largest absolute Gasteiger partial charge is 0.313 e. The average Bonchev–Trinajstić information content (AvgIpc) is 2.72. The highest BCUT2D eigenvalue weighted by Crippen LogP contribution is 2.21. The maximum atomic E-state index is 12.7. The van der Waals surface area contributed by atoms with Crippen molar-refractivity contribution in [2.75, 3.05) is 13.1 Å². The third-order valence-corrected chi connectivity index (χ3v) is 5.33. The van der Waals surface area contributed by atoms with Gasteiger partial charge in [0.05, 0.1) is 0 Å². The summed E-state index contributed by atoms with van der Waals surface area (Å²) >= 11 is 0. The smallest absolute Gasteiger partial charge is 0.262 e. The maximum Gasteiger partial charge on any atom is 0.262 e. The van der Waals surface area contributed by atoms with Crippen molar-refractivity contribution in [3.63, 3.8) is 0 Å². The van der Waals surface area contributed by atoms with Gasteiger partial charge in [-0.05, 0) is 33.7 Å². The van der Waals surface area contributed by atoms with Crippen LogP contribution in [0.25, 0.3) is 0 Å². The van der Waals surface area contributed by atoms with Crippen LogP contribution in [0.2, 0.25) is 0 Å². The molecule has 0 aliphatic carbocycles. The van der Waals surface area contributed by atoms with E-state index in [9.17, 15) is 8.42 Å². The first-order chi connectivity index (χ1) is 9.36. The summed E-state index contributed by atoms with van der Waals surface area (Å²) in [6.45, 7) is 11.3. The first-order valence-corrected chi connectivity index (χ1v) is 8.56. The lowest BCUT2D eigenvalue weighted by Gasteiger charge is -2.23. The fourth-order valence-electron chi connectivity index (χ4n) is 2.17. The molecule has 0 amide bonds. The number of nitrogens with one attached hydrogen (secondary N) is 2. The number of sulfonamides is 1. The number of rotatable bonds is 8. The monoisotopic (exact) mass is 302 g/mol. The summed E-state index contributed by atoms with van der Waals surface area (Å²) < 4.78 is 26.8. The second kappa shape index (κ2) is 7.19. The number of hydrogen-bond donors (Lipinski definition) is 2. The Bertz CT molecular complexity index is 522. The summed E-state index contributed by atoms with van der Waals surface area (Å²) in [5.74, 6) is 0. The Kier molecular flexibility index (Phi) is 6.16. The lowest BCUT2D eigenvalue weighted by molar-refractivity contribution is 0.367. The van der Waals surface area contributed by atoms with E-state index < -0.39 is 10.0 Å². The number of H-pyrrole nitrogens is 1. The Morgan fingerprint density at radius 2 is 2.00 bits per heavy atom. The van der Waals surface area contributed by atoms with Crippen LogP contribution >= 0.6 is 0 Å². The van der Waals surface area contributed by atoms with Crippen molar-refractivity contribution in [3.8, 4) is 0 Å². The van der Waals surface area contributed by atoms with E-state index in [2.05, 4.69) is 22.4 Å². The molecule has 1 aromatic rings. The van der Waals surface area contributed by atoms with Gasteiger partial charge in [0.1, 0.15) is 0 Å². The minimum Gasteiger partial charge on any atom is -0.313 e. The van der Waals surface area contributed by atoms with Crippen molar-refractivity contribution >= 4 is 10.0 Å². The standard InChI is InChI=1S/C13H26N4O2S/c1-6-8-14-9-12-11(5)15-16-13(12)20(18,19)17(7-2)10(3)4/h10,14H,6-9H2,1-5H3,(H,15,16). The van der Waals surface area contributed by atoms with Crippen molar-refractivity contribution < 1.29 is 8.42 Å². The van der Waals surface area contributed by atoms with Crippen LogP contribution in [-0.2, 0) is 16.6 Å². The van der Waals surface area contributed by atoms with E-state index >= 15 is 0 Å². The second-order valence-corrected chi connectivity index (χ2v) is 6.92. The highest BCUT2D eigenvalue weighted by atomic mass is 32.2. The van der Waals surface area contributed by atoms with Gasteiger partial charge in [-0.15, -0.1) is 0 Å². The second-order valence-electron chi connectivity index (χ2n) is 5.11. The van der Waals surface area contributed by atoms with Crippen LogP contribution in [0.15, 0.2) is 5.03 Å². The molecule has 7 heteroatoms. The van der Waals surface area contributed by atoms with E-state index in [0.29, 0.717) is 13.1 Å². The molecule has 0 radical (unpaired) electrons. The van der Waals surface area contributed by atoms with Gasteiger partial charge in [0, 0.05) is 30.4 Å². The fourth-order valence-corrected chi connectivity index (χ4v) is 3.98. The minimum atomic E-state index is -3.55. The highest BCUT2D eigenvalue weighted by molar-refractivity contribution is 7.89. The fraction of sp³-hybridized carbons (Fsp3) is 0.769. The minimum absolute atomic E-state index is 0.0848. The summed E-state index contributed by atoms with van der Waals surface area (Å²) in [6.07, 6.45) is 1.01. The summed E-state index contributed by atoms with van der Waals surface area (Å²) in [6, 6.07) is -0.0848. The van der Waals surface area contributed by atoms with Gasteiger partial charge < -0.3 is 5.32 Å². The first-order valence-electron chi connectivity index (χ1n) is 7.12. The number of aromatic nitrogens is 2. The van der Waals surface area contributed by atoms with Gasteiger partial charge in [0.15, 0.2) is 5.03 Å². The predicted molar refractivity (Wildman–Crippen MR) is 80.0 cm³/mol. The normalized spacial score (nSPS) is 12.6. The molecule has 1 heterocycles. The SMILES string of the molecule is CCCNCc1c(S(=O)(=O)N(CC)C(C)C)n[nH]c1C. The zero-order chi connectivity index (χ0) is 15.3. The van der Waals surface area contributed by atoms with Crippen LogP contribution in [0.3, 0.4) is 0 Å². The van der Waals surface area contributed by atoms with Gasteiger partial charge >= 0.3 is 0 Å². The van der Waals surface area contributed by atoms with Gasteiger partial charge in [-0.2, -0.15) is 9.40 Å². The van der Waals surface area contributed by atoms with E-state index in [0.717, 1.165) is 24.2 Å². The van der Waals surface area contributed by atoms with Crippen LogP contribution in [0.5, 0.6) is 0 Å². The van der Waals surface area contributed by atoms with Crippen LogP contribution in [0, 0.1) is 6.92 Å². The molecule has 0 aliphatic rings. The zero-order valence-corrected chi connectivity index (χ0v) is 13.8. The van der Waals surface area contributed by atoms with Gasteiger partial charge in [-0.1, -0.05) is 13.8 Å². The molecule has 1 rings (SSSR count). The van der Waals surface area contributed by atoms with Crippen LogP contribution in [0.1, 0.15) is 45.4 Å². The van der Waals surface area contributed by atoms with Gasteiger partial charge in [-0.25, -0.2) is 8.42 Å². The number of nitrogens with zero attached hydrogens (tertiary/aromatic N) is 2. The van der Waals surface area contributed by atoms with Gasteiger partial charge in [0.2, 0.25) is 0 Å². The molecular formula is C13H26N4O2S. The van der Waals surface area contributed by atoms with E-state index in [1.54, 1.807) is 0 Å². The maximum absolute atomic E-state index is 12.7. The molecule has 0 saturated heterocycles. The molecule has 0 saturated carbocycles. The van der Waals surface area contributed by atoms with Crippen LogP contribution < -0.4 is 5.32 Å². The Morgan fingerprint density at radius 1 is 1.35 bits per heavy atom. The van der Waals surface area contributed by atoms with Crippen LogP contribution in [-0.4, -0.2) is 42.1 Å². The quantitative estimate of drug-likeness (QED) is 0.716. The number of aryl methyl sites for hydroxylation is 1. The molecule has 1 aromatic heterocycles. The molecule has 2 N–H and O–H groups in total. The molecule has 0 aromatic carbocycles. The lowest BCUT2D eigenvalue weighted by atomic mass is 10.2. The zero-order valence-electron chi connectivity index (χ0n) is 13.0. The third-order valence-electron chi connectivity index (χ3n) is 3.21. The Labute approximate surface area is 122 Å². The van der Waals surface area contributed by atoms with Crippen molar-refractivity contribution in [1.82, 2.24) is 19.8 Å². The molecule has 6 nitrogen and oxygen atoms in total. The molecule has 116 valence electrons. The topological polar surface area (TPSA) is 78.1 Å². The molecule has 0 bridgehead atoms. The highest BCUT2D eigenvalue weighted by Gasteiger charge is 2.31. The number of aromatic amines is 1. The Balaban J connectivity index is 3.12. The molecule has 0 aliphatic heterocycles. The van der Waals surface area contributed by atoms with Crippen molar-refractivity contribution in [3.05, 3.63) is 11.3 Å². The van der Waals surface area contributed by atoms with Crippen molar-refractivity contribution in [1.29, 1.82) is 0 Å². The molecule has 0 spiro atoms. The lowest BCUT2D eigenvalue weighted by Crippen LogP contribution is -2.37. The average molecular weight is 302 g/mol. The number of hydrogen-bond acceptors (Lipinski definition) is 4. The predicted octanol–water partition coefficient (Wildman–Crippen LogP) is 1.64. The molecule has 0 fully saturated rings. The van der Waals surface area contributed by atoms with E-state index in [4.69, 9.17) is 0 Å². The van der Waals surface area contributed by atoms with Crippen molar-refractivity contribution in [2.45, 2.75) is 58.7 Å². The third kappa shape index (κ3) is 3.59. The van der Waals surface area contributed by atoms with Crippen LogP contribution in [0.4, 0.5) is 0 Å². The first kappa shape index (κ1) is 17.1. The molecule has 0 unspecified atom stereocenters. The molecule has 0 atom stereocenters.